The number of aromatic nitrogens is 2. The molecule has 0 saturated heterocycles. The molecule has 0 aliphatic heterocycles. The van der Waals surface area contributed by atoms with Gasteiger partial charge in [-0.05, 0) is 15.9 Å². The second-order valence-corrected chi connectivity index (χ2v) is 3.60. The van der Waals surface area contributed by atoms with E-state index in [1.54, 1.807) is 0 Å². The Morgan fingerprint density at radius 2 is 2.06 bits per heavy atom. The van der Waals surface area contributed by atoms with Gasteiger partial charge in [0.25, 0.3) is 6.43 Å². The Morgan fingerprint density at radius 1 is 1.44 bits per heavy atom. The zero-order valence-corrected chi connectivity index (χ0v) is 9.58. The minimum absolute atomic E-state index is 0.266. The number of rotatable bonds is 5. The van der Waals surface area contributed by atoms with Gasteiger partial charge < -0.3 is 15.8 Å². The number of nitrogens with two attached hydrogens (primary N) is 1. The van der Waals surface area contributed by atoms with Crippen molar-refractivity contribution in [1.82, 2.24) is 9.97 Å². The van der Waals surface area contributed by atoms with Gasteiger partial charge in [0.2, 0.25) is 0 Å². The van der Waals surface area contributed by atoms with Crippen molar-refractivity contribution in [1.29, 1.82) is 0 Å². The van der Waals surface area contributed by atoms with Crippen LogP contribution in [-0.4, -0.2) is 34.1 Å². The smallest absolute Gasteiger partial charge is 0.265 e. The van der Waals surface area contributed by atoms with Gasteiger partial charge in [-0.3, -0.25) is 0 Å². The second-order valence-electron chi connectivity index (χ2n) is 2.81. The molecule has 0 bridgehead atoms. The van der Waals surface area contributed by atoms with E-state index in [1.165, 1.54) is 6.33 Å². The molecule has 0 saturated carbocycles. The number of alkyl halides is 2. The number of nitrogens with zero attached hydrogens (tertiary/aromatic N) is 2. The molecule has 1 aromatic rings. The molecule has 1 rings (SSSR count). The van der Waals surface area contributed by atoms with Gasteiger partial charge in [-0.2, -0.15) is 0 Å². The maximum atomic E-state index is 12.0. The Kier molecular flexibility index (Phi) is 4.77. The number of hydrogen-bond acceptors (Lipinski definition) is 6. The van der Waals surface area contributed by atoms with Crippen LogP contribution in [0.1, 0.15) is 0 Å². The van der Waals surface area contributed by atoms with E-state index in [-0.39, 0.29) is 12.4 Å². The fourth-order valence-electron chi connectivity index (χ4n) is 0.884. The SMILES string of the molecule is NNc1ncnc(NCC(O)C(F)F)c1Br. The van der Waals surface area contributed by atoms with E-state index < -0.39 is 12.5 Å². The fraction of sp³-hybridized carbons (Fsp3) is 0.429. The summed E-state index contributed by atoms with van der Waals surface area (Å²) in [4.78, 5) is 7.57. The number of nitrogen functional groups attached to an aromatic ring is 1. The first-order chi connectivity index (χ1) is 7.56. The number of aliphatic hydroxyl groups excluding tert-OH is 1. The number of hydrazine groups is 1. The predicted octanol–water partition coefficient (Wildman–Crippen LogP) is 0.563. The van der Waals surface area contributed by atoms with E-state index >= 15 is 0 Å². The monoisotopic (exact) mass is 297 g/mol. The largest absolute Gasteiger partial charge is 0.385 e. The van der Waals surface area contributed by atoms with Gasteiger partial charge in [-0.15, -0.1) is 0 Å². The lowest BCUT2D eigenvalue weighted by molar-refractivity contribution is 0.00380. The molecular weight excluding hydrogens is 288 g/mol. The van der Waals surface area contributed by atoms with Crippen LogP contribution in [0.15, 0.2) is 10.8 Å². The van der Waals surface area contributed by atoms with Crippen LogP contribution < -0.4 is 16.6 Å². The second kappa shape index (κ2) is 5.87. The van der Waals surface area contributed by atoms with Crippen LogP contribution in [0.2, 0.25) is 0 Å². The zero-order chi connectivity index (χ0) is 12.1. The fourth-order valence-corrected chi connectivity index (χ4v) is 1.34. The van der Waals surface area contributed by atoms with E-state index in [1.807, 2.05) is 0 Å². The van der Waals surface area contributed by atoms with Crippen molar-refractivity contribution in [2.45, 2.75) is 12.5 Å². The minimum Gasteiger partial charge on any atom is -0.385 e. The quantitative estimate of drug-likeness (QED) is 0.469. The van der Waals surface area contributed by atoms with Crippen LogP contribution in [0.5, 0.6) is 0 Å². The Hall–Kier alpha value is -1.06. The molecule has 0 aromatic carbocycles. The van der Waals surface area contributed by atoms with Gasteiger partial charge in [-0.1, -0.05) is 0 Å². The van der Waals surface area contributed by atoms with E-state index in [2.05, 4.69) is 36.6 Å². The molecule has 0 aliphatic rings. The average Bonchev–Trinajstić information content (AvgIpc) is 2.27. The van der Waals surface area contributed by atoms with Gasteiger partial charge in [-0.25, -0.2) is 24.6 Å². The third-order valence-corrected chi connectivity index (χ3v) is 2.45. The van der Waals surface area contributed by atoms with Gasteiger partial charge in [0.05, 0.1) is 0 Å². The van der Waals surface area contributed by atoms with E-state index in [0.29, 0.717) is 10.3 Å². The molecular formula is C7H10BrF2N5O. The maximum absolute atomic E-state index is 12.0. The van der Waals surface area contributed by atoms with Crippen LogP contribution in [0, 0.1) is 0 Å². The summed E-state index contributed by atoms with van der Waals surface area (Å²) >= 11 is 3.13. The summed E-state index contributed by atoms with van der Waals surface area (Å²) in [5.41, 5.74) is 2.30. The van der Waals surface area contributed by atoms with Crippen molar-refractivity contribution < 1.29 is 13.9 Å². The van der Waals surface area contributed by atoms with Gasteiger partial charge >= 0.3 is 0 Å². The van der Waals surface area contributed by atoms with Crippen molar-refractivity contribution >= 4 is 27.6 Å². The van der Waals surface area contributed by atoms with E-state index in [4.69, 9.17) is 10.9 Å². The molecule has 0 amide bonds. The first-order valence-corrected chi connectivity index (χ1v) is 5.02. The topological polar surface area (TPSA) is 96.1 Å². The maximum Gasteiger partial charge on any atom is 0.265 e. The van der Waals surface area contributed by atoms with Gasteiger partial charge in [0, 0.05) is 6.54 Å². The minimum atomic E-state index is -2.81. The predicted molar refractivity (Wildman–Crippen MR) is 58.0 cm³/mol. The summed E-state index contributed by atoms with van der Waals surface area (Å²) in [7, 11) is 0. The van der Waals surface area contributed by atoms with Crippen LogP contribution in [0.3, 0.4) is 0 Å². The lowest BCUT2D eigenvalue weighted by Crippen LogP contribution is -2.27. The average molecular weight is 298 g/mol. The highest BCUT2D eigenvalue weighted by Crippen LogP contribution is 2.25. The first kappa shape index (κ1) is 13.0. The Morgan fingerprint density at radius 3 is 2.62 bits per heavy atom. The molecule has 16 heavy (non-hydrogen) atoms. The van der Waals surface area contributed by atoms with Crippen LogP contribution in [-0.2, 0) is 0 Å². The molecule has 9 heteroatoms. The number of nitrogens with one attached hydrogen (secondary N) is 2. The van der Waals surface area contributed by atoms with Gasteiger partial charge in [0.1, 0.15) is 22.7 Å². The van der Waals surface area contributed by atoms with Crippen molar-refractivity contribution in [3.63, 3.8) is 0 Å². The molecule has 6 nitrogen and oxygen atoms in total. The highest BCUT2D eigenvalue weighted by molar-refractivity contribution is 9.10. The summed E-state index contributed by atoms with van der Waals surface area (Å²) in [5, 5.41) is 11.4. The molecule has 5 N–H and O–H groups in total. The third-order valence-electron chi connectivity index (χ3n) is 1.70. The van der Waals surface area contributed by atoms with Crippen LogP contribution in [0.4, 0.5) is 20.4 Å². The van der Waals surface area contributed by atoms with Crippen molar-refractivity contribution in [2.24, 2.45) is 5.84 Å². The molecule has 1 atom stereocenters. The molecule has 0 radical (unpaired) electrons. The summed E-state index contributed by atoms with van der Waals surface area (Å²) in [6, 6.07) is 0. The molecule has 1 heterocycles. The summed E-state index contributed by atoms with van der Waals surface area (Å²) in [5.74, 6) is 5.73. The van der Waals surface area contributed by atoms with Crippen molar-refractivity contribution in [3.05, 3.63) is 10.8 Å². The molecule has 90 valence electrons. The molecule has 1 unspecified atom stereocenters. The Bertz CT molecular complexity index is 354. The Labute approximate surface area is 98.4 Å². The zero-order valence-electron chi connectivity index (χ0n) is 7.99. The molecule has 0 spiro atoms. The van der Waals surface area contributed by atoms with Crippen LogP contribution >= 0.6 is 15.9 Å². The molecule has 0 aliphatic carbocycles. The van der Waals surface area contributed by atoms with Crippen molar-refractivity contribution in [2.75, 3.05) is 17.3 Å². The summed E-state index contributed by atoms with van der Waals surface area (Å²) < 4.78 is 24.4. The lowest BCUT2D eigenvalue weighted by atomic mass is 10.3. The molecule has 1 aromatic heterocycles. The number of halogens is 3. The molecule has 0 fully saturated rings. The summed E-state index contributed by atoms with van der Waals surface area (Å²) in [6.45, 7) is -0.322. The van der Waals surface area contributed by atoms with E-state index in [0.717, 1.165) is 0 Å². The highest BCUT2D eigenvalue weighted by atomic mass is 79.9. The standard InChI is InChI=1S/C7H10BrF2N5O/c8-4-6(12-1-3(16)5(9)10)13-2-14-7(4)15-11/h2-3,5,16H,1,11H2,(H2,12,13,14,15). The Balaban J connectivity index is 2.67. The number of hydrogen-bond donors (Lipinski definition) is 4. The number of aliphatic hydroxyl groups is 1. The van der Waals surface area contributed by atoms with Gasteiger partial charge in [0.15, 0.2) is 5.82 Å². The highest BCUT2D eigenvalue weighted by Gasteiger charge is 2.17. The summed E-state index contributed by atoms with van der Waals surface area (Å²) in [6.07, 6.45) is -3.35. The first-order valence-electron chi connectivity index (χ1n) is 4.23. The van der Waals surface area contributed by atoms with E-state index in [9.17, 15) is 8.78 Å². The van der Waals surface area contributed by atoms with Crippen molar-refractivity contribution in [3.8, 4) is 0 Å². The lowest BCUT2D eigenvalue weighted by Gasteiger charge is -2.13. The number of anilines is 2. The normalized spacial score (nSPS) is 12.6. The third kappa shape index (κ3) is 3.22. The van der Waals surface area contributed by atoms with Crippen LogP contribution in [0.25, 0.3) is 0 Å².